The molecule has 0 aliphatic heterocycles. The van der Waals surface area contributed by atoms with E-state index >= 15 is 0 Å². The van der Waals surface area contributed by atoms with Crippen molar-refractivity contribution < 1.29 is 80.2 Å². The molecule has 5 atom stereocenters. The third-order valence-corrected chi connectivity index (χ3v) is 16.7. The fourth-order valence-electron chi connectivity index (χ4n) is 9.61. The van der Waals surface area contributed by atoms with E-state index in [0.29, 0.717) is 37.5 Å². The number of unbranched alkanes of at least 4 members (excludes halogenated alkanes) is 28. The van der Waals surface area contributed by atoms with Crippen LogP contribution in [0.3, 0.4) is 0 Å². The second-order valence-electron chi connectivity index (χ2n) is 25.4. The van der Waals surface area contributed by atoms with Crippen molar-refractivity contribution in [3.05, 3.63) is 0 Å². The molecular formula is C65H126O17P2. The number of hydrogen-bond acceptors (Lipinski definition) is 15. The molecule has 498 valence electrons. The Morgan fingerprint density at radius 1 is 0.298 bits per heavy atom. The summed E-state index contributed by atoms with van der Waals surface area (Å²) in [5, 5.41) is 10.5. The molecule has 0 aliphatic rings. The summed E-state index contributed by atoms with van der Waals surface area (Å²) in [5.74, 6) is 0.733. The highest BCUT2D eigenvalue weighted by Gasteiger charge is 2.30. The highest BCUT2D eigenvalue weighted by Crippen LogP contribution is 2.45. The predicted molar refractivity (Wildman–Crippen MR) is 335 cm³/mol. The van der Waals surface area contributed by atoms with Crippen LogP contribution in [-0.2, 0) is 65.4 Å². The molecule has 0 aromatic carbocycles. The molecule has 0 fully saturated rings. The van der Waals surface area contributed by atoms with Gasteiger partial charge in [-0.25, -0.2) is 9.13 Å². The van der Waals surface area contributed by atoms with Gasteiger partial charge < -0.3 is 33.8 Å². The van der Waals surface area contributed by atoms with Gasteiger partial charge in [-0.15, -0.1) is 0 Å². The molecule has 2 unspecified atom stereocenters. The first-order valence-corrected chi connectivity index (χ1v) is 36.7. The number of phosphoric acid groups is 2. The van der Waals surface area contributed by atoms with Gasteiger partial charge in [0.25, 0.3) is 0 Å². The van der Waals surface area contributed by atoms with Gasteiger partial charge in [-0.2, -0.15) is 0 Å². The standard InChI is InChI=1S/C65H126O17P2/c1-55(2)41-33-25-17-12-9-10-14-20-31-39-47-64(69)82-61(52-76-63(68)46-38-30-24-23-28-36-44-58(7)8)54-80-84(73,74)78-50-59(66)49-77-83(71,72)79-53-60(51-75-62(67)45-37-29-22-16-19-27-35-43-57(5)6)81-65(70)48-40-32-21-15-11-13-18-26-34-42-56(3)4/h55-61,66H,9-54H2,1-8H3,(H,71,72)(H,73,74)/t59-,60-,61-/m1/s1. The molecule has 0 radical (unpaired) electrons. The molecule has 3 N–H and O–H groups in total. The highest BCUT2D eigenvalue weighted by atomic mass is 31.2. The molecule has 0 heterocycles. The first-order valence-electron chi connectivity index (χ1n) is 33.7. The molecular weight excluding hydrogens is 1110 g/mol. The minimum absolute atomic E-state index is 0.104. The topological polar surface area (TPSA) is 237 Å². The zero-order valence-electron chi connectivity index (χ0n) is 54.5. The van der Waals surface area contributed by atoms with E-state index in [2.05, 4.69) is 55.4 Å². The van der Waals surface area contributed by atoms with Crippen LogP contribution >= 0.6 is 15.6 Å². The second-order valence-corrected chi connectivity index (χ2v) is 28.3. The fourth-order valence-corrected chi connectivity index (χ4v) is 11.2. The summed E-state index contributed by atoms with van der Waals surface area (Å²) in [5.41, 5.74) is 0. The van der Waals surface area contributed by atoms with E-state index in [4.69, 9.17) is 37.0 Å². The van der Waals surface area contributed by atoms with E-state index in [1.165, 1.54) is 103 Å². The Bertz CT molecular complexity index is 1680. The summed E-state index contributed by atoms with van der Waals surface area (Å²) >= 11 is 0. The zero-order chi connectivity index (χ0) is 62.5. The van der Waals surface area contributed by atoms with E-state index in [1.54, 1.807) is 0 Å². The predicted octanol–water partition coefficient (Wildman–Crippen LogP) is 17.8. The number of hydrogen-bond donors (Lipinski definition) is 3. The van der Waals surface area contributed by atoms with Crippen LogP contribution in [0.4, 0.5) is 0 Å². The molecule has 84 heavy (non-hydrogen) atoms. The van der Waals surface area contributed by atoms with Crippen LogP contribution in [-0.4, -0.2) is 96.7 Å². The fraction of sp³-hybridized carbons (Fsp3) is 0.938. The van der Waals surface area contributed by atoms with Crippen molar-refractivity contribution in [3.63, 3.8) is 0 Å². The molecule has 0 aromatic rings. The highest BCUT2D eigenvalue weighted by molar-refractivity contribution is 7.47. The zero-order valence-corrected chi connectivity index (χ0v) is 56.3. The molecule has 0 spiro atoms. The number of phosphoric ester groups is 2. The number of carbonyl (C=O) groups excluding carboxylic acids is 4. The van der Waals surface area contributed by atoms with Crippen LogP contribution in [0.2, 0.25) is 0 Å². The number of aliphatic hydroxyl groups excluding tert-OH is 1. The van der Waals surface area contributed by atoms with Crippen molar-refractivity contribution >= 4 is 39.5 Å². The quantitative estimate of drug-likeness (QED) is 0.0222. The third kappa shape index (κ3) is 59.0. The number of rotatable bonds is 62. The van der Waals surface area contributed by atoms with Gasteiger partial charge in [-0.05, 0) is 49.4 Å². The molecule has 17 nitrogen and oxygen atoms in total. The van der Waals surface area contributed by atoms with Crippen LogP contribution in [0.25, 0.3) is 0 Å². The Morgan fingerprint density at radius 2 is 0.500 bits per heavy atom. The maximum Gasteiger partial charge on any atom is 0.472 e. The molecule has 0 bridgehead atoms. The van der Waals surface area contributed by atoms with E-state index in [1.807, 2.05) is 0 Å². The van der Waals surface area contributed by atoms with Gasteiger partial charge in [0.2, 0.25) is 0 Å². The van der Waals surface area contributed by atoms with Gasteiger partial charge >= 0.3 is 39.5 Å². The maximum absolute atomic E-state index is 13.0. The first-order chi connectivity index (χ1) is 40.1. The van der Waals surface area contributed by atoms with Gasteiger partial charge in [-0.3, -0.25) is 37.3 Å². The van der Waals surface area contributed by atoms with Crippen molar-refractivity contribution in [2.24, 2.45) is 23.7 Å². The van der Waals surface area contributed by atoms with E-state index in [9.17, 15) is 43.2 Å². The molecule has 0 aliphatic carbocycles. The summed E-state index contributed by atoms with van der Waals surface area (Å²) in [6, 6.07) is 0. The van der Waals surface area contributed by atoms with Gasteiger partial charge in [0.05, 0.1) is 26.4 Å². The number of aliphatic hydroxyl groups is 1. The van der Waals surface area contributed by atoms with Crippen LogP contribution < -0.4 is 0 Å². The molecule has 0 saturated carbocycles. The largest absolute Gasteiger partial charge is 0.472 e. The van der Waals surface area contributed by atoms with Crippen LogP contribution in [0.5, 0.6) is 0 Å². The minimum atomic E-state index is -4.95. The lowest BCUT2D eigenvalue weighted by atomic mass is 10.0. The second kappa shape index (κ2) is 55.2. The Morgan fingerprint density at radius 3 is 0.738 bits per heavy atom. The van der Waals surface area contributed by atoms with Crippen molar-refractivity contribution in [1.29, 1.82) is 0 Å². The minimum Gasteiger partial charge on any atom is -0.462 e. The molecule has 19 heteroatoms. The van der Waals surface area contributed by atoms with Gasteiger partial charge in [0, 0.05) is 25.7 Å². The molecule has 0 saturated heterocycles. The van der Waals surface area contributed by atoms with Crippen molar-refractivity contribution in [3.8, 4) is 0 Å². The monoisotopic (exact) mass is 1240 g/mol. The van der Waals surface area contributed by atoms with Gasteiger partial charge in [0.15, 0.2) is 12.2 Å². The van der Waals surface area contributed by atoms with E-state index in [0.717, 1.165) is 115 Å². The Labute approximate surface area is 511 Å². The number of carbonyl (C=O) groups is 4. The van der Waals surface area contributed by atoms with Crippen molar-refractivity contribution in [1.82, 2.24) is 0 Å². The lowest BCUT2D eigenvalue weighted by molar-refractivity contribution is -0.161. The average molecular weight is 1240 g/mol. The van der Waals surface area contributed by atoms with Crippen LogP contribution in [0.15, 0.2) is 0 Å². The Balaban J connectivity index is 5.25. The van der Waals surface area contributed by atoms with E-state index in [-0.39, 0.29) is 25.7 Å². The SMILES string of the molecule is CC(C)CCCCCCCCCCCCC(=O)O[C@H](COC(=O)CCCCCCCCC(C)C)COP(=O)(O)OC[C@H](O)COP(=O)(O)OC[C@@H](COC(=O)CCCCCCCCCC(C)C)OC(=O)CCCCCCCCCCCC(C)C. The summed E-state index contributed by atoms with van der Waals surface area (Å²) in [7, 11) is -9.89. The molecule has 0 amide bonds. The third-order valence-electron chi connectivity index (χ3n) is 14.8. The number of esters is 4. The van der Waals surface area contributed by atoms with Gasteiger partial charge in [-0.1, -0.05) is 261 Å². The lowest BCUT2D eigenvalue weighted by Crippen LogP contribution is -2.30. The smallest absolute Gasteiger partial charge is 0.462 e. The lowest BCUT2D eigenvalue weighted by Gasteiger charge is -2.21. The normalized spacial score (nSPS) is 14.4. The van der Waals surface area contributed by atoms with Crippen molar-refractivity contribution in [2.75, 3.05) is 39.6 Å². The summed E-state index contributed by atoms with van der Waals surface area (Å²) in [6.07, 6.45) is 35.1. The Hall–Kier alpha value is -1.94. The first kappa shape index (κ1) is 82.1. The summed E-state index contributed by atoms with van der Waals surface area (Å²) in [6.45, 7) is 13.9. The number of ether oxygens (including phenoxy) is 4. The Kier molecular flexibility index (Phi) is 53.9. The van der Waals surface area contributed by atoms with Crippen molar-refractivity contribution in [2.45, 2.75) is 331 Å². The maximum atomic E-state index is 13.0. The summed E-state index contributed by atoms with van der Waals surface area (Å²) < 4.78 is 68.0. The molecule has 0 rings (SSSR count). The van der Waals surface area contributed by atoms with Crippen LogP contribution in [0, 0.1) is 23.7 Å². The summed E-state index contributed by atoms with van der Waals surface area (Å²) in [4.78, 5) is 72.2. The average Bonchev–Trinajstić information content (AvgIpc) is 3.56. The van der Waals surface area contributed by atoms with Crippen LogP contribution in [0.1, 0.15) is 312 Å². The van der Waals surface area contributed by atoms with E-state index < -0.39 is 97.5 Å². The van der Waals surface area contributed by atoms with Gasteiger partial charge in [0.1, 0.15) is 19.3 Å². The molecule has 0 aromatic heterocycles.